The summed E-state index contributed by atoms with van der Waals surface area (Å²) in [5.74, 6) is -0.661. The molecule has 4 heteroatoms. The lowest BCUT2D eigenvalue weighted by atomic mass is 10.1. The largest absolute Gasteiger partial charge is 0.392 e. The SMILES string of the molecule is Cc1c(F)cccc1NC(=O)c1ccc(CO)cc1. The van der Waals surface area contributed by atoms with Crippen LogP contribution in [-0.2, 0) is 6.61 Å². The lowest BCUT2D eigenvalue weighted by Crippen LogP contribution is -2.13. The normalized spacial score (nSPS) is 10.3. The Hall–Kier alpha value is -2.20. The number of anilines is 1. The average molecular weight is 259 g/mol. The first kappa shape index (κ1) is 13.2. The molecule has 0 aromatic heterocycles. The highest BCUT2D eigenvalue weighted by molar-refractivity contribution is 6.04. The maximum atomic E-state index is 13.4. The maximum Gasteiger partial charge on any atom is 0.255 e. The van der Waals surface area contributed by atoms with E-state index in [0.29, 0.717) is 16.8 Å². The van der Waals surface area contributed by atoms with Gasteiger partial charge in [-0.15, -0.1) is 0 Å². The molecular weight excluding hydrogens is 245 g/mol. The summed E-state index contributed by atoms with van der Waals surface area (Å²) in [6.07, 6.45) is 0. The molecule has 0 aliphatic carbocycles. The number of aliphatic hydroxyl groups excluding tert-OH is 1. The molecule has 0 unspecified atom stereocenters. The molecular formula is C15H14FNO2. The summed E-state index contributed by atoms with van der Waals surface area (Å²) in [4.78, 5) is 12.0. The van der Waals surface area contributed by atoms with Crippen LogP contribution in [0.3, 0.4) is 0 Å². The predicted molar refractivity (Wildman–Crippen MR) is 71.5 cm³/mol. The van der Waals surface area contributed by atoms with Crippen LogP contribution in [0, 0.1) is 12.7 Å². The van der Waals surface area contributed by atoms with Gasteiger partial charge >= 0.3 is 0 Å². The van der Waals surface area contributed by atoms with E-state index in [0.717, 1.165) is 5.56 Å². The quantitative estimate of drug-likeness (QED) is 0.890. The van der Waals surface area contributed by atoms with Gasteiger partial charge in [0.2, 0.25) is 0 Å². The summed E-state index contributed by atoms with van der Waals surface area (Å²) < 4.78 is 13.4. The van der Waals surface area contributed by atoms with E-state index in [9.17, 15) is 9.18 Å². The molecule has 2 N–H and O–H groups in total. The third-order valence-electron chi connectivity index (χ3n) is 2.91. The van der Waals surface area contributed by atoms with Gasteiger partial charge in [0.15, 0.2) is 0 Å². The Morgan fingerprint density at radius 3 is 2.53 bits per heavy atom. The van der Waals surface area contributed by atoms with E-state index in [1.165, 1.54) is 6.07 Å². The number of nitrogens with one attached hydrogen (secondary N) is 1. The molecule has 2 aromatic carbocycles. The van der Waals surface area contributed by atoms with Crippen LogP contribution in [0.25, 0.3) is 0 Å². The Balaban J connectivity index is 2.18. The average Bonchev–Trinajstić information content (AvgIpc) is 2.44. The van der Waals surface area contributed by atoms with Gasteiger partial charge in [-0.1, -0.05) is 18.2 Å². The minimum atomic E-state index is -0.353. The fraction of sp³-hybridized carbons (Fsp3) is 0.133. The molecule has 3 nitrogen and oxygen atoms in total. The zero-order valence-electron chi connectivity index (χ0n) is 10.5. The van der Waals surface area contributed by atoms with E-state index in [-0.39, 0.29) is 18.3 Å². The molecule has 98 valence electrons. The molecule has 0 saturated heterocycles. The Bertz CT molecular complexity index is 594. The molecule has 2 aromatic rings. The van der Waals surface area contributed by atoms with Crippen LogP contribution in [0.1, 0.15) is 21.5 Å². The number of benzene rings is 2. The van der Waals surface area contributed by atoms with Crippen molar-refractivity contribution >= 4 is 11.6 Å². The van der Waals surface area contributed by atoms with Crippen molar-refractivity contribution in [3.63, 3.8) is 0 Å². The number of aliphatic hydroxyl groups is 1. The summed E-state index contributed by atoms with van der Waals surface area (Å²) in [5.41, 5.74) is 2.05. The number of amides is 1. The molecule has 0 radical (unpaired) electrons. The Kier molecular flexibility index (Phi) is 3.92. The lowest BCUT2D eigenvalue weighted by molar-refractivity contribution is 0.102. The lowest BCUT2D eigenvalue weighted by Gasteiger charge is -2.09. The first-order valence-corrected chi connectivity index (χ1v) is 5.88. The van der Waals surface area contributed by atoms with Gasteiger partial charge in [-0.2, -0.15) is 0 Å². The summed E-state index contributed by atoms with van der Waals surface area (Å²) in [7, 11) is 0. The third kappa shape index (κ3) is 2.98. The van der Waals surface area contributed by atoms with E-state index in [2.05, 4.69) is 5.32 Å². The van der Waals surface area contributed by atoms with E-state index in [1.807, 2.05) is 0 Å². The molecule has 0 saturated carbocycles. The number of halogens is 1. The van der Waals surface area contributed by atoms with E-state index >= 15 is 0 Å². The van der Waals surface area contributed by atoms with Gasteiger partial charge in [-0.25, -0.2) is 4.39 Å². The van der Waals surface area contributed by atoms with Crippen LogP contribution in [0.5, 0.6) is 0 Å². The van der Waals surface area contributed by atoms with Crippen molar-refractivity contribution in [2.75, 3.05) is 5.32 Å². The zero-order chi connectivity index (χ0) is 13.8. The van der Waals surface area contributed by atoms with Crippen LogP contribution < -0.4 is 5.32 Å². The van der Waals surface area contributed by atoms with Gasteiger partial charge in [-0.05, 0) is 36.8 Å². The molecule has 0 heterocycles. The predicted octanol–water partition coefficient (Wildman–Crippen LogP) is 2.88. The van der Waals surface area contributed by atoms with Crippen LogP contribution >= 0.6 is 0 Å². The minimum absolute atomic E-state index is 0.0646. The number of hydrogen-bond donors (Lipinski definition) is 2. The van der Waals surface area contributed by atoms with Gasteiger partial charge in [0, 0.05) is 16.8 Å². The number of carbonyl (C=O) groups excluding carboxylic acids is 1. The van der Waals surface area contributed by atoms with Crippen LogP contribution in [0.15, 0.2) is 42.5 Å². The Labute approximate surface area is 110 Å². The number of rotatable bonds is 3. The van der Waals surface area contributed by atoms with Crippen LogP contribution in [0.4, 0.5) is 10.1 Å². The van der Waals surface area contributed by atoms with Gasteiger partial charge in [0.25, 0.3) is 5.91 Å². The van der Waals surface area contributed by atoms with Crippen molar-refractivity contribution in [2.24, 2.45) is 0 Å². The smallest absolute Gasteiger partial charge is 0.255 e. The van der Waals surface area contributed by atoms with E-state index in [4.69, 9.17) is 5.11 Å². The van der Waals surface area contributed by atoms with Crippen molar-refractivity contribution in [1.29, 1.82) is 0 Å². The fourth-order valence-electron chi connectivity index (χ4n) is 1.70. The highest BCUT2D eigenvalue weighted by atomic mass is 19.1. The van der Waals surface area contributed by atoms with Gasteiger partial charge in [-0.3, -0.25) is 4.79 Å². The van der Waals surface area contributed by atoms with Crippen molar-refractivity contribution in [3.8, 4) is 0 Å². The van der Waals surface area contributed by atoms with Crippen molar-refractivity contribution in [2.45, 2.75) is 13.5 Å². The zero-order valence-corrected chi connectivity index (χ0v) is 10.5. The van der Waals surface area contributed by atoms with Gasteiger partial charge in [0.1, 0.15) is 5.82 Å². The van der Waals surface area contributed by atoms with Gasteiger partial charge in [0.05, 0.1) is 6.61 Å². The molecule has 0 spiro atoms. The Morgan fingerprint density at radius 1 is 1.21 bits per heavy atom. The van der Waals surface area contributed by atoms with Crippen molar-refractivity contribution in [3.05, 3.63) is 65.0 Å². The monoisotopic (exact) mass is 259 g/mol. The van der Waals surface area contributed by atoms with Gasteiger partial charge < -0.3 is 10.4 Å². The third-order valence-corrected chi connectivity index (χ3v) is 2.91. The molecule has 0 atom stereocenters. The first-order valence-electron chi connectivity index (χ1n) is 5.88. The molecule has 0 aliphatic heterocycles. The number of hydrogen-bond acceptors (Lipinski definition) is 2. The van der Waals surface area contributed by atoms with Crippen molar-refractivity contribution < 1.29 is 14.3 Å². The van der Waals surface area contributed by atoms with Crippen LogP contribution in [0.2, 0.25) is 0 Å². The molecule has 1 amide bonds. The molecule has 2 rings (SSSR count). The number of carbonyl (C=O) groups is 1. The van der Waals surface area contributed by atoms with Crippen LogP contribution in [-0.4, -0.2) is 11.0 Å². The second-order valence-electron chi connectivity index (χ2n) is 4.22. The summed E-state index contributed by atoms with van der Waals surface area (Å²) in [6, 6.07) is 11.1. The maximum absolute atomic E-state index is 13.4. The standard InChI is InChI=1S/C15H14FNO2/c1-10-13(16)3-2-4-14(10)17-15(19)12-7-5-11(9-18)6-8-12/h2-8,18H,9H2,1H3,(H,17,19). The minimum Gasteiger partial charge on any atom is -0.392 e. The molecule has 0 aliphatic rings. The highest BCUT2D eigenvalue weighted by Gasteiger charge is 2.09. The van der Waals surface area contributed by atoms with E-state index < -0.39 is 0 Å². The highest BCUT2D eigenvalue weighted by Crippen LogP contribution is 2.18. The molecule has 0 fully saturated rings. The molecule has 19 heavy (non-hydrogen) atoms. The van der Waals surface area contributed by atoms with Crippen molar-refractivity contribution in [1.82, 2.24) is 0 Å². The topological polar surface area (TPSA) is 49.3 Å². The first-order chi connectivity index (χ1) is 9.11. The molecule has 0 bridgehead atoms. The summed E-state index contributed by atoms with van der Waals surface area (Å²) in [6.45, 7) is 1.55. The second kappa shape index (κ2) is 5.63. The summed E-state index contributed by atoms with van der Waals surface area (Å²) >= 11 is 0. The Morgan fingerprint density at radius 2 is 1.89 bits per heavy atom. The van der Waals surface area contributed by atoms with E-state index in [1.54, 1.807) is 43.3 Å². The summed E-state index contributed by atoms with van der Waals surface area (Å²) in [5, 5.41) is 11.6. The second-order valence-corrected chi connectivity index (χ2v) is 4.22. The fourth-order valence-corrected chi connectivity index (χ4v) is 1.70.